The summed E-state index contributed by atoms with van der Waals surface area (Å²) in [7, 11) is 0. The molecule has 0 unspecified atom stereocenters. The molecule has 1 aromatic heterocycles. The lowest BCUT2D eigenvalue weighted by Crippen LogP contribution is -2.16. The molecule has 0 saturated carbocycles. The Labute approximate surface area is 158 Å². The van der Waals surface area contributed by atoms with Crippen molar-refractivity contribution in [3.8, 4) is 0 Å². The predicted molar refractivity (Wildman–Crippen MR) is 106 cm³/mol. The van der Waals surface area contributed by atoms with Crippen molar-refractivity contribution < 1.29 is 9.72 Å². The highest BCUT2D eigenvalue weighted by molar-refractivity contribution is 7.17. The van der Waals surface area contributed by atoms with Gasteiger partial charge in [-0.1, -0.05) is 53.8 Å². The lowest BCUT2D eigenvalue weighted by atomic mass is 10.1. The molecule has 1 heterocycles. The van der Waals surface area contributed by atoms with Crippen molar-refractivity contribution in [2.75, 3.05) is 0 Å². The van der Waals surface area contributed by atoms with Gasteiger partial charge in [-0.2, -0.15) is 4.99 Å². The van der Waals surface area contributed by atoms with Gasteiger partial charge in [-0.05, 0) is 24.4 Å². The van der Waals surface area contributed by atoms with E-state index < -0.39 is 10.8 Å². The van der Waals surface area contributed by atoms with Gasteiger partial charge in [0.2, 0.25) is 0 Å². The van der Waals surface area contributed by atoms with E-state index in [0.29, 0.717) is 11.3 Å². The van der Waals surface area contributed by atoms with Gasteiger partial charge in [0.05, 0.1) is 15.1 Å². The first-order valence-electron chi connectivity index (χ1n) is 8.43. The SMILES string of the molecule is CCn1c(=NC(=O)c2ccccc2[N+](=O)[O-])sc2c3ccccc3ccc21. The lowest BCUT2D eigenvalue weighted by molar-refractivity contribution is -0.385. The summed E-state index contributed by atoms with van der Waals surface area (Å²) in [6.45, 7) is 2.62. The van der Waals surface area contributed by atoms with Crippen LogP contribution in [0.1, 0.15) is 17.3 Å². The van der Waals surface area contributed by atoms with Crippen LogP contribution in [0.3, 0.4) is 0 Å². The van der Waals surface area contributed by atoms with Gasteiger partial charge in [0.25, 0.3) is 11.6 Å². The molecular formula is C20H15N3O3S. The maximum Gasteiger partial charge on any atom is 0.286 e. The van der Waals surface area contributed by atoms with Gasteiger partial charge in [0.15, 0.2) is 4.80 Å². The fourth-order valence-electron chi connectivity index (χ4n) is 3.15. The third kappa shape index (κ3) is 2.92. The molecule has 0 saturated heterocycles. The number of rotatable bonds is 3. The quantitative estimate of drug-likeness (QED) is 0.389. The van der Waals surface area contributed by atoms with Gasteiger partial charge < -0.3 is 4.57 Å². The molecule has 0 aliphatic heterocycles. The number of amides is 1. The number of fused-ring (bicyclic) bond motifs is 3. The van der Waals surface area contributed by atoms with Gasteiger partial charge in [0, 0.05) is 18.0 Å². The number of thiazole rings is 1. The third-order valence-corrected chi connectivity index (χ3v) is 5.55. The van der Waals surface area contributed by atoms with E-state index >= 15 is 0 Å². The Kier molecular flexibility index (Phi) is 4.29. The van der Waals surface area contributed by atoms with Crippen molar-refractivity contribution in [1.29, 1.82) is 0 Å². The number of benzene rings is 3. The first kappa shape index (κ1) is 17.1. The van der Waals surface area contributed by atoms with E-state index in [0.717, 1.165) is 21.0 Å². The number of para-hydroxylation sites is 1. The molecule has 7 heteroatoms. The summed E-state index contributed by atoms with van der Waals surface area (Å²) in [5.41, 5.74) is 0.753. The topological polar surface area (TPSA) is 77.5 Å². The van der Waals surface area contributed by atoms with Gasteiger partial charge in [-0.3, -0.25) is 14.9 Å². The minimum absolute atomic E-state index is 0.00697. The molecule has 134 valence electrons. The molecule has 0 aliphatic carbocycles. The van der Waals surface area contributed by atoms with E-state index in [4.69, 9.17) is 0 Å². The Morgan fingerprint density at radius 3 is 2.63 bits per heavy atom. The van der Waals surface area contributed by atoms with Crippen LogP contribution in [0.4, 0.5) is 5.69 Å². The molecule has 0 fully saturated rings. The molecule has 0 spiro atoms. The molecule has 6 nitrogen and oxygen atoms in total. The Hall–Kier alpha value is -3.32. The summed E-state index contributed by atoms with van der Waals surface area (Å²) < 4.78 is 3.00. The number of carbonyl (C=O) groups excluding carboxylic acids is 1. The maximum atomic E-state index is 12.7. The highest BCUT2D eigenvalue weighted by atomic mass is 32.1. The number of carbonyl (C=O) groups is 1. The summed E-state index contributed by atoms with van der Waals surface area (Å²) in [5.74, 6) is -0.611. The Morgan fingerprint density at radius 2 is 1.85 bits per heavy atom. The largest absolute Gasteiger partial charge is 0.317 e. The molecule has 4 rings (SSSR count). The zero-order valence-corrected chi connectivity index (χ0v) is 15.3. The standard InChI is InChI=1S/C20H15N3O3S/c1-2-22-17-12-11-13-7-3-4-8-14(13)18(17)27-20(22)21-19(24)15-9-5-6-10-16(15)23(25)26/h3-12H,2H2,1H3. The Balaban J connectivity index is 1.95. The number of aromatic nitrogens is 1. The van der Waals surface area contributed by atoms with Crippen LogP contribution in [0.2, 0.25) is 0 Å². The summed E-state index contributed by atoms with van der Waals surface area (Å²) in [6.07, 6.45) is 0. The van der Waals surface area contributed by atoms with Crippen LogP contribution >= 0.6 is 11.3 Å². The number of aryl methyl sites for hydroxylation is 1. The van der Waals surface area contributed by atoms with Crippen molar-refractivity contribution in [1.82, 2.24) is 4.57 Å². The molecule has 0 radical (unpaired) electrons. The fraction of sp³-hybridized carbons (Fsp3) is 0.100. The van der Waals surface area contributed by atoms with E-state index in [1.54, 1.807) is 6.07 Å². The molecule has 0 atom stereocenters. The second-order valence-corrected chi connectivity index (χ2v) is 6.93. The van der Waals surface area contributed by atoms with Crippen molar-refractivity contribution in [3.63, 3.8) is 0 Å². The number of nitrogens with zero attached hydrogens (tertiary/aromatic N) is 3. The van der Waals surface area contributed by atoms with Gasteiger partial charge in [-0.25, -0.2) is 0 Å². The number of nitro benzene ring substituents is 1. The first-order valence-corrected chi connectivity index (χ1v) is 9.25. The van der Waals surface area contributed by atoms with Crippen LogP contribution in [0.25, 0.3) is 21.0 Å². The summed E-state index contributed by atoms with van der Waals surface area (Å²) in [6, 6.07) is 18.0. The van der Waals surface area contributed by atoms with Crippen LogP contribution in [0.15, 0.2) is 65.7 Å². The molecular weight excluding hydrogens is 362 g/mol. The summed E-state index contributed by atoms with van der Waals surface area (Å²) in [5, 5.41) is 13.4. The molecule has 1 amide bonds. The molecule has 0 N–H and O–H groups in total. The minimum Gasteiger partial charge on any atom is -0.317 e. The normalized spacial score (nSPS) is 12.0. The van der Waals surface area contributed by atoms with Crippen molar-refractivity contribution >= 4 is 43.9 Å². The van der Waals surface area contributed by atoms with Gasteiger partial charge >= 0.3 is 0 Å². The number of hydrogen-bond donors (Lipinski definition) is 0. The van der Waals surface area contributed by atoms with Crippen LogP contribution in [0.5, 0.6) is 0 Å². The summed E-state index contributed by atoms with van der Waals surface area (Å²) in [4.78, 5) is 28.1. The highest BCUT2D eigenvalue weighted by Gasteiger charge is 2.19. The van der Waals surface area contributed by atoms with E-state index in [2.05, 4.69) is 4.99 Å². The van der Waals surface area contributed by atoms with E-state index in [9.17, 15) is 14.9 Å². The molecule has 27 heavy (non-hydrogen) atoms. The first-order chi connectivity index (χ1) is 13.1. The van der Waals surface area contributed by atoms with E-state index in [1.807, 2.05) is 47.9 Å². The monoisotopic (exact) mass is 377 g/mol. The molecule has 0 aliphatic rings. The van der Waals surface area contributed by atoms with Crippen LogP contribution in [-0.4, -0.2) is 15.4 Å². The van der Waals surface area contributed by atoms with E-state index in [-0.39, 0.29) is 11.3 Å². The lowest BCUT2D eigenvalue weighted by Gasteiger charge is -2.02. The van der Waals surface area contributed by atoms with Crippen molar-refractivity contribution in [2.24, 2.45) is 4.99 Å². The smallest absolute Gasteiger partial charge is 0.286 e. The van der Waals surface area contributed by atoms with Gasteiger partial charge in [0.1, 0.15) is 5.56 Å². The van der Waals surface area contributed by atoms with Crippen LogP contribution in [0, 0.1) is 10.1 Å². The fourth-order valence-corrected chi connectivity index (χ4v) is 4.38. The van der Waals surface area contributed by atoms with E-state index in [1.165, 1.54) is 29.5 Å². The molecule has 4 aromatic rings. The number of hydrogen-bond acceptors (Lipinski definition) is 4. The predicted octanol–water partition coefficient (Wildman–Crippen LogP) is 4.53. The highest BCUT2D eigenvalue weighted by Crippen LogP contribution is 2.27. The summed E-state index contributed by atoms with van der Waals surface area (Å²) >= 11 is 1.42. The van der Waals surface area contributed by atoms with Crippen molar-refractivity contribution in [2.45, 2.75) is 13.5 Å². The maximum absolute atomic E-state index is 12.7. The third-order valence-electron chi connectivity index (χ3n) is 4.42. The van der Waals surface area contributed by atoms with Crippen LogP contribution in [-0.2, 0) is 6.54 Å². The minimum atomic E-state index is -0.611. The Bertz CT molecular complexity index is 1270. The van der Waals surface area contributed by atoms with Crippen molar-refractivity contribution in [3.05, 3.63) is 81.1 Å². The zero-order chi connectivity index (χ0) is 19.0. The van der Waals surface area contributed by atoms with Gasteiger partial charge in [-0.15, -0.1) is 0 Å². The zero-order valence-electron chi connectivity index (χ0n) is 14.5. The average molecular weight is 377 g/mol. The van der Waals surface area contributed by atoms with Crippen LogP contribution < -0.4 is 4.80 Å². The number of nitro groups is 1. The average Bonchev–Trinajstić information content (AvgIpc) is 3.05. The molecule has 3 aromatic carbocycles. The second kappa shape index (κ2) is 6.77. The Morgan fingerprint density at radius 1 is 1.11 bits per heavy atom. The molecule has 0 bridgehead atoms. The second-order valence-electron chi connectivity index (χ2n) is 5.96.